The molecule has 0 amide bonds. The van der Waals surface area contributed by atoms with E-state index in [4.69, 9.17) is 4.74 Å². The molecule has 2 aliphatic rings. The smallest absolute Gasteiger partial charge is 0.0871 e. The molecule has 0 aromatic carbocycles. The number of nitrogens with zero attached hydrogens (tertiary/aromatic N) is 1. The van der Waals surface area contributed by atoms with Crippen molar-refractivity contribution in [2.75, 3.05) is 19.6 Å². The van der Waals surface area contributed by atoms with Crippen molar-refractivity contribution < 1.29 is 4.74 Å². The van der Waals surface area contributed by atoms with Crippen LogP contribution in [0.1, 0.15) is 34.6 Å². The Hall–Kier alpha value is -0.120. The summed E-state index contributed by atoms with van der Waals surface area (Å²) in [7, 11) is 0. The molecule has 94 valence electrons. The molecule has 0 aromatic heterocycles. The third kappa shape index (κ3) is 2.76. The molecular formula is C13H26N2O. The van der Waals surface area contributed by atoms with Gasteiger partial charge in [0.1, 0.15) is 0 Å². The minimum Gasteiger partial charge on any atom is -0.371 e. The molecule has 2 saturated heterocycles. The lowest BCUT2D eigenvalue weighted by atomic mass is 9.96. The Kier molecular flexibility index (Phi) is 3.30. The van der Waals surface area contributed by atoms with Gasteiger partial charge in [-0.3, -0.25) is 4.90 Å². The minimum absolute atomic E-state index is 0.343. The molecule has 2 aliphatic heterocycles. The van der Waals surface area contributed by atoms with Crippen molar-refractivity contribution in [2.24, 2.45) is 5.41 Å². The number of hydrogen-bond donors (Lipinski definition) is 1. The second kappa shape index (κ2) is 4.28. The molecule has 0 aromatic rings. The Balaban J connectivity index is 1.92. The second-order valence-corrected chi connectivity index (χ2v) is 6.70. The van der Waals surface area contributed by atoms with Gasteiger partial charge in [-0.15, -0.1) is 0 Å². The van der Waals surface area contributed by atoms with E-state index in [9.17, 15) is 0 Å². The van der Waals surface area contributed by atoms with Gasteiger partial charge >= 0.3 is 0 Å². The molecule has 2 heterocycles. The van der Waals surface area contributed by atoms with Crippen LogP contribution in [0.2, 0.25) is 0 Å². The van der Waals surface area contributed by atoms with Crippen molar-refractivity contribution in [1.29, 1.82) is 0 Å². The fourth-order valence-electron chi connectivity index (χ4n) is 2.82. The summed E-state index contributed by atoms with van der Waals surface area (Å²) in [6.45, 7) is 14.7. The summed E-state index contributed by atoms with van der Waals surface area (Å²) in [4.78, 5) is 2.53. The average molecular weight is 226 g/mol. The van der Waals surface area contributed by atoms with Gasteiger partial charge in [-0.1, -0.05) is 20.8 Å². The van der Waals surface area contributed by atoms with Crippen molar-refractivity contribution in [1.82, 2.24) is 10.2 Å². The molecule has 4 atom stereocenters. The highest BCUT2D eigenvalue weighted by molar-refractivity contribution is 4.97. The van der Waals surface area contributed by atoms with E-state index in [2.05, 4.69) is 44.8 Å². The Morgan fingerprint density at radius 3 is 2.56 bits per heavy atom. The van der Waals surface area contributed by atoms with Gasteiger partial charge in [-0.2, -0.15) is 0 Å². The molecule has 3 nitrogen and oxygen atoms in total. The molecule has 0 saturated carbocycles. The number of nitrogens with one attached hydrogen (secondary N) is 1. The molecule has 2 rings (SSSR count). The summed E-state index contributed by atoms with van der Waals surface area (Å²) < 4.78 is 6.06. The van der Waals surface area contributed by atoms with E-state index >= 15 is 0 Å². The van der Waals surface area contributed by atoms with E-state index < -0.39 is 0 Å². The van der Waals surface area contributed by atoms with Gasteiger partial charge < -0.3 is 10.1 Å². The van der Waals surface area contributed by atoms with Crippen LogP contribution in [-0.4, -0.2) is 48.8 Å². The van der Waals surface area contributed by atoms with Gasteiger partial charge in [0.2, 0.25) is 0 Å². The van der Waals surface area contributed by atoms with Crippen LogP contribution in [0.3, 0.4) is 0 Å². The van der Waals surface area contributed by atoms with Gasteiger partial charge in [0.15, 0.2) is 0 Å². The van der Waals surface area contributed by atoms with Crippen molar-refractivity contribution in [3.8, 4) is 0 Å². The maximum atomic E-state index is 6.06. The number of hydrogen-bond acceptors (Lipinski definition) is 3. The van der Waals surface area contributed by atoms with Crippen LogP contribution in [0.25, 0.3) is 0 Å². The average Bonchev–Trinajstić information content (AvgIpc) is 2.44. The summed E-state index contributed by atoms with van der Waals surface area (Å²) in [5, 5.41) is 3.68. The van der Waals surface area contributed by atoms with Gasteiger partial charge in [-0.05, 0) is 19.3 Å². The normalized spacial score (nSPS) is 41.1. The van der Waals surface area contributed by atoms with Crippen LogP contribution in [0, 0.1) is 5.41 Å². The van der Waals surface area contributed by atoms with Gasteiger partial charge in [0.25, 0.3) is 0 Å². The van der Waals surface area contributed by atoms with E-state index in [0.29, 0.717) is 29.7 Å². The zero-order valence-electron chi connectivity index (χ0n) is 11.3. The molecule has 16 heavy (non-hydrogen) atoms. The topological polar surface area (TPSA) is 24.5 Å². The Bertz CT molecular complexity index is 231. The first-order valence-electron chi connectivity index (χ1n) is 6.49. The summed E-state index contributed by atoms with van der Waals surface area (Å²) in [6.07, 6.45) is 0.740. The third-order valence-electron chi connectivity index (χ3n) is 3.61. The molecule has 2 fully saturated rings. The first-order valence-corrected chi connectivity index (χ1v) is 6.49. The van der Waals surface area contributed by atoms with Gasteiger partial charge in [0, 0.05) is 31.7 Å². The lowest BCUT2D eigenvalue weighted by molar-refractivity contribution is -0.0582. The van der Waals surface area contributed by atoms with Crippen LogP contribution in [0.5, 0.6) is 0 Å². The number of likely N-dealkylation sites (tertiary alicyclic amines) is 1. The molecule has 0 bridgehead atoms. The number of rotatable bonds is 1. The largest absolute Gasteiger partial charge is 0.371 e. The molecular weight excluding hydrogens is 200 g/mol. The van der Waals surface area contributed by atoms with Crippen molar-refractivity contribution in [3.05, 3.63) is 0 Å². The second-order valence-electron chi connectivity index (χ2n) is 6.70. The van der Waals surface area contributed by atoms with Crippen molar-refractivity contribution in [3.63, 3.8) is 0 Å². The number of ether oxygens (including phenoxy) is 1. The third-order valence-corrected chi connectivity index (χ3v) is 3.61. The Labute approximate surface area is 99.5 Å². The fraction of sp³-hybridized carbons (Fsp3) is 1.00. The van der Waals surface area contributed by atoms with E-state index in [0.717, 1.165) is 19.6 Å². The Morgan fingerprint density at radius 2 is 1.94 bits per heavy atom. The van der Waals surface area contributed by atoms with Crippen molar-refractivity contribution >= 4 is 0 Å². The summed E-state index contributed by atoms with van der Waals surface area (Å²) >= 11 is 0. The van der Waals surface area contributed by atoms with Crippen molar-refractivity contribution in [2.45, 2.75) is 58.9 Å². The van der Waals surface area contributed by atoms with E-state index in [-0.39, 0.29) is 0 Å². The minimum atomic E-state index is 0.343. The SMILES string of the molecule is CC1NC2CN(CC(C)(C)C)CC2OC1C. The lowest BCUT2D eigenvalue weighted by Crippen LogP contribution is -2.56. The maximum Gasteiger partial charge on any atom is 0.0871 e. The Morgan fingerprint density at radius 1 is 1.25 bits per heavy atom. The first kappa shape index (κ1) is 12.3. The summed E-state index contributed by atoms with van der Waals surface area (Å²) in [5.74, 6) is 0. The highest BCUT2D eigenvalue weighted by Crippen LogP contribution is 2.25. The molecule has 1 N–H and O–H groups in total. The summed E-state index contributed by atoms with van der Waals surface area (Å²) in [6, 6.07) is 1.02. The monoisotopic (exact) mass is 226 g/mol. The standard InChI is InChI=1S/C13H26N2O/c1-9-10(2)16-12-7-15(6-11(12)14-9)8-13(3,4)5/h9-12,14H,6-8H2,1-5H3. The van der Waals surface area contributed by atoms with Crippen LogP contribution >= 0.6 is 0 Å². The molecule has 3 heteroatoms. The van der Waals surface area contributed by atoms with Crippen LogP contribution in [0.15, 0.2) is 0 Å². The predicted octanol–water partition coefficient (Wildman–Crippen LogP) is 1.48. The van der Waals surface area contributed by atoms with E-state index in [1.807, 2.05) is 0 Å². The molecule has 0 spiro atoms. The number of morpholine rings is 1. The zero-order valence-corrected chi connectivity index (χ0v) is 11.3. The molecule has 4 unspecified atom stereocenters. The first-order chi connectivity index (χ1) is 7.35. The molecule has 0 aliphatic carbocycles. The van der Waals surface area contributed by atoms with E-state index in [1.165, 1.54) is 0 Å². The highest BCUT2D eigenvalue weighted by atomic mass is 16.5. The maximum absolute atomic E-state index is 6.06. The highest BCUT2D eigenvalue weighted by Gasteiger charge is 2.40. The zero-order chi connectivity index (χ0) is 11.9. The van der Waals surface area contributed by atoms with E-state index in [1.54, 1.807) is 0 Å². The summed E-state index contributed by atoms with van der Waals surface area (Å²) in [5.41, 5.74) is 0.380. The van der Waals surface area contributed by atoms with Gasteiger partial charge in [-0.25, -0.2) is 0 Å². The van der Waals surface area contributed by atoms with Crippen LogP contribution < -0.4 is 5.32 Å². The predicted molar refractivity (Wildman–Crippen MR) is 66.6 cm³/mol. The number of fused-ring (bicyclic) bond motifs is 1. The lowest BCUT2D eigenvalue weighted by Gasteiger charge is -2.36. The fourth-order valence-corrected chi connectivity index (χ4v) is 2.82. The van der Waals surface area contributed by atoms with Crippen LogP contribution in [-0.2, 0) is 4.74 Å². The quantitative estimate of drug-likeness (QED) is 0.733. The molecule has 0 radical (unpaired) electrons. The van der Waals surface area contributed by atoms with Gasteiger partial charge in [0.05, 0.1) is 12.2 Å². The van der Waals surface area contributed by atoms with Crippen LogP contribution in [0.4, 0.5) is 0 Å².